The lowest BCUT2D eigenvalue weighted by Crippen LogP contribution is -3.12. The standard InChI is InChI=1S/C11H12N2O2/c1-12(13(14)15)11-7-6-9-4-2-3-5-10(9)8-11/h2-8,13-14H,1H3. The Hall–Kier alpha value is -1.62. The Labute approximate surface area is 87.5 Å². The van der Waals surface area contributed by atoms with Crippen LogP contribution < -0.4 is 10.3 Å². The van der Waals surface area contributed by atoms with Crippen LogP contribution >= 0.6 is 0 Å². The van der Waals surface area contributed by atoms with E-state index in [0.29, 0.717) is 5.69 Å². The van der Waals surface area contributed by atoms with Crippen molar-refractivity contribution >= 4 is 16.5 Å². The molecule has 2 aromatic rings. The van der Waals surface area contributed by atoms with E-state index >= 15 is 0 Å². The molecule has 15 heavy (non-hydrogen) atoms. The first-order valence-electron chi connectivity index (χ1n) is 4.64. The van der Waals surface area contributed by atoms with Crippen LogP contribution in [-0.2, 0) is 0 Å². The van der Waals surface area contributed by atoms with Crippen molar-refractivity contribution in [2.24, 2.45) is 0 Å². The van der Waals surface area contributed by atoms with Gasteiger partial charge in [0.05, 0.1) is 12.7 Å². The van der Waals surface area contributed by atoms with E-state index in [1.807, 2.05) is 36.4 Å². The maximum Gasteiger partial charge on any atom is 0.0921 e. The Morgan fingerprint density at radius 3 is 2.47 bits per heavy atom. The van der Waals surface area contributed by atoms with Crippen molar-refractivity contribution in [2.75, 3.05) is 12.1 Å². The van der Waals surface area contributed by atoms with Gasteiger partial charge in [-0.05, 0) is 22.9 Å². The minimum atomic E-state index is -0.953. The highest BCUT2D eigenvalue weighted by atomic mass is 16.8. The monoisotopic (exact) mass is 204 g/mol. The molecule has 0 amide bonds. The summed E-state index contributed by atoms with van der Waals surface area (Å²) >= 11 is 0. The van der Waals surface area contributed by atoms with Gasteiger partial charge in [0, 0.05) is 0 Å². The van der Waals surface area contributed by atoms with Gasteiger partial charge in [-0.1, -0.05) is 30.3 Å². The molecule has 4 heteroatoms. The van der Waals surface area contributed by atoms with Crippen LogP contribution in [0, 0.1) is 5.21 Å². The fourth-order valence-electron chi connectivity index (χ4n) is 1.50. The highest BCUT2D eigenvalue weighted by Gasteiger charge is 2.05. The number of hydrogen-bond acceptors (Lipinski definition) is 3. The summed E-state index contributed by atoms with van der Waals surface area (Å²) in [6.45, 7) is 0. The van der Waals surface area contributed by atoms with Crippen molar-refractivity contribution in [3.05, 3.63) is 47.7 Å². The van der Waals surface area contributed by atoms with E-state index in [-0.39, 0.29) is 0 Å². The second kappa shape index (κ2) is 3.86. The third kappa shape index (κ3) is 1.92. The summed E-state index contributed by atoms with van der Waals surface area (Å²) in [4.78, 5) is 0. The van der Waals surface area contributed by atoms with E-state index in [1.165, 1.54) is 12.1 Å². The molecule has 78 valence electrons. The molecule has 1 atom stereocenters. The fourth-order valence-corrected chi connectivity index (χ4v) is 1.50. The van der Waals surface area contributed by atoms with Gasteiger partial charge in [0.1, 0.15) is 0 Å². The Bertz CT molecular complexity index is 471. The van der Waals surface area contributed by atoms with Crippen LogP contribution in [0.15, 0.2) is 42.5 Å². The molecule has 1 unspecified atom stereocenters. The molecule has 0 aliphatic heterocycles. The van der Waals surface area contributed by atoms with E-state index < -0.39 is 5.34 Å². The average Bonchev–Trinajstić information content (AvgIpc) is 2.27. The quantitative estimate of drug-likeness (QED) is 0.716. The third-order valence-electron chi connectivity index (χ3n) is 2.41. The molecule has 0 aromatic heterocycles. The number of rotatable bonds is 2. The second-order valence-electron chi connectivity index (χ2n) is 3.37. The minimum Gasteiger partial charge on any atom is -0.574 e. The molecule has 2 rings (SSSR count). The number of benzene rings is 2. The van der Waals surface area contributed by atoms with Gasteiger partial charge in [-0.25, -0.2) is 0 Å². The van der Waals surface area contributed by atoms with E-state index in [1.54, 1.807) is 6.07 Å². The van der Waals surface area contributed by atoms with Gasteiger partial charge in [-0.2, -0.15) is 10.2 Å². The van der Waals surface area contributed by atoms with Crippen LogP contribution in [0.5, 0.6) is 0 Å². The molecule has 0 aliphatic rings. The van der Waals surface area contributed by atoms with Crippen molar-refractivity contribution in [3.63, 3.8) is 0 Å². The molecule has 0 saturated heterocycles. The van der Waals surface area contributed by atoms with Gasteiger partial charge in [0.25, 0.3) is 0 Å². The van der Waals surface area contributed by atoms with E-state index in [9.17, 15) is 5.21 Å². The lowest BCUT2D eigenvalue weighted by Gasteiger charge is -2.24. The molecular formula is C11H12N2O2. The topological polar surface area (TPSA) is 51.0 Å². The SMILES string of the molecule is CN(c1ccc2ccccc2c1)[NH+]([O-])O. The normalized spacial score (nSPS) is 12.7. The summed E-state index contributed by atoms with van der Waals surface area (Å²) in [7, 11) is 1.53. The number of hydrogen-bond donors (Lipinski definition) is 2. The second-order valence-corrected chi connectivity index (χ2v) is 3.37. The zero-order chi connectivity index (χ0) is 10.8. The smallest absolute Gasteiger partial charge is 0.0921 e. The number of nitrogens with one attached hydrogen (secondary N) is 1. The lowest BCUT2D eigenvalue weighted by atomic mass is 10.1. The first-order valence-corrected chi connectivity index (χ1v) is 4.64. The van der Waals surface area contributed by atoms with Crippen LogP contribution in [-0.4, -0.2) is 12.3 Å². The predicted octanol–water partition coefficient (Wildman–Crippen LogP) is 0.963. The van der Waals surface area contributed by atoms with Gasteiger partial charge in [-0.15, -0.1) is 5.34 Å². The maximum atomic E-state index is 10.8. The summed E-state index contributed by atoms with van der Waals surface area (Å²) in [5, 5.41) is 22.0. The molecule has 0 aliphatic carbocycles. The Kier molecular flexibility index (Phi) is 2.55. The van der Waals surface area contributed by atoms with Crippen LogP contribution in [0.2, 0.25) is 0 Å². The predicted molar refractivity (Wildman–Crippen MR) is 58.5 cm³/mol. The average molecular weight is 204 g/mol. The summed E-state index contributed by atoms with van der Waals surface area (Å²) < 4.78 is 0. The molecular weight excluding hydrogens is 192 g/mol. The van der Waals surface area contributed by atoms with Crippen molar-refractivity contribution < 1.29 is 10.5 Å². The summed E-state index contributed by atoms with van der Waals surface area (Å²) in [5.74, 6) is 0. The Morgan fingerprint density at radius 2 is 1.80 bits per heavy atom. The van der Waals surface area contributed by atoms with Crippen LogP contribution in [0.3, 0.4) is 0 Å². The summed E-state index contributed by atoms with van der Waals surface area (Å²) in [6.07, 6.45) is 0. The molecule has 0 saturated carbocycles. The van der Waals surface area contributed by atoms with Gasteiger partial charge in [0.2, 0.25) is 0 Å². The third-order valence-corrected chi connectivity index (χ3v) is 2.41. The largest absolute Gasteiger partial charge is 0.574 e. The van der Waals surface area contributed by atoms with Crippen LogP contribution in [0.25, 0.3) is 10.8 Å². The molecule has 2 N–H and O–H groups in total. The van der Waals surface area contributed by atoms with Crippen LogP contribution in [0.1, 0.15) is 0 Å². The molecule has 0 spiro atoms. The molecule has 4 nitrogen and oxygen atoms in total. The maximum absolute atomic E-state index is 10.8. The minimum absolute atomic E-state index is 0.682. The molecule has 0 radical (unpaired) electrons. The van der Waals surface area contributed by atoms with Crippen molar-refractivity contribution in [2.45, 2.75) is 0 Å². The molecule has 0 heterocycles. The zero-order valence-electron chi connectivity index (χ0n) is 8.34. The van der Waals surface area contributed by atoms with Crippen LogP contribution in [0.4, 0.5) is 5.69 Å². The van der Waals surface area contributed by atoms with Gasteiger partial charge in [0.15, 0.2) is 0 Å². The zero-order valence-corrected chi connectivity index (χ0v) is 8.34. The molecule has 0 fully saturated rings. The fraction of sp³-hybridized carbons (Fsp3) is 0.0909. The van der Waals surface area contributed by atoms with Gasteiger partial charge < -0.3 is 5.21 Å². The van der Waals surface area contributed by atoms with Gasteiger partial charge in [-0.3, -0.25) is 0 Å². The highest BCUT2D eigenvalue weighted by Crippen LogP contribution is 2.19. The van der Waals surface area contributed by atoms with Crippen molar-refractivity contribution in [3.8, 4) is 0 Å². The number of quaternary nitrogens is 1. The molecule has 0 bridgehead atoms. The van der Waals surface area contributed by atoms with Crippen molar-refractivity contribution in [1.82, 2.24) is 0 Å². The number of anilines is 1. The first kappa shape index (κ1) is 9.92. The lowest BCUT2D eigenvalue weighted by molar-refractivity contribution is -1.05. The van der Waals surface area contributed by atoms with E-state index in [2.05, 4.69) is 0 Å². The van der Waals surface area contributed by atoms with Gasteiger partial charge >= 0.3 is 0 Å². The number of fused-ring (bicyclic) bond motifs is 1. The summed E-state index contributed by atoms with van der Waals surface area (Å²) in [6, 6.07) is 13.5. The van der Waals surface area contributed by atoms with E-state index in [4.69, 9.17) is 5.21 Å². The highest BCUT2D eigenvalue weighted by molar-refractivity contribution is 5.85. The van der Waals surface area contributed by atoms with Crippen molar-refractivity contribution in [1.29, 1.82) is 0 Å². The van der Waals surface area contributed by atoms with E-state index in [0.717, 1.165) is 10.8 Å². The molecule has 2 aromatic carbocycles. The summed E-state index contributed by atoms with van der Waals surface area (Å²) in [5.41, 5.74) is 0.682. The Morgan fingerprint density at radius 1 is 1.13 bits per heavy atom. The Balaban J connectivity index is 2.47. The number of nitrogens with zero attached hydrogens (tertiary/aromatic N) is 1. The first-order chi connectivity index (χ1) is 7.18.